The Morgan fingerprint density at radius 3 is 2.24 bits per heavy atom. The van der Waals surface area contributed by atoms with E-state index in [4.69, 9.17) is 21.6 Å². The Kier molecular flexibility index (Phi) is 4.94. The van der Waals surface area contributed by atoms with Gasteiger partial charge in [-0.15, -0.1) is 0 Å². The Labute approximate surface area is 175 Å². The third-order valence-electron chi connectivity index (χ3n) is 5.66. The molecule has 0 aliphatic carbocycles. The van der Waals surface area contributed by atoms with E-state index >= 15 is 0 Å². The van der Waals surface area contributed by atoms with Crippen LogP contribution in [0.5, 0.6) is 0 Å². The molecule has 0 bridgehead atoms. The minimum absolute atomic E-state index is 0.730. The largest absolute Gasteiger partial charge is 0.356 e. The molecular weight excluding hydrogens is 380 g/mol. The van der Waals surface area contributed by atoms with Crippen molar-refractivity contribution in [1.82, 2.24) is 14.5 Å². The molecule has 4 nitrogen and oxygen atoms in total. The number of fused-ring (bicyclic) bond motifs is 1. The smallest absolute Gasteiger partial charge is 0.150 e. The maximum absolute atomic E-state index is 6.12. The van der Waals surface area contributed by atoms with Gasteiger partial charge in [-0.3, -0.25) is 0 Å². The predicted molar refractivity (Wildman–Crippen MR) is 120 cm³/mol. The lowest BCUT2D eigenvalue weighted by Crippen LogP contribution is -2.25. The topological polar surface area (TPSA) is 34.0 Å². The van der Waals surface area contributed by atoms with Crippen LogP contribution in [0.4, 0.5) is 5.82 Å². The van der Waals surface area contributed by atoms with Crippen molar-refractivity contribution in [3.63, 3.8) is 0 Å². The maximum Gasteiger partial charge on any atom is 0.150 e. The molecule has 0 atom stereocenters. The van der Waals surface area contributed by atoms with Gasteiger partial charge in [-0.1, -0.05) is 54.8 Å². The van der Waals surface area contributed by atoms with Crippen molar-refractivity contribution in [1.29, 1.82) is 0 Å². The van der Waals surface area contributed by atoms with Crippen molar-refractivity contribution < 1.29 is 0 Å². The molecule has 4 aromatic rings. The molecule has 0 unspecified atom stereocenters. The number of rotatable bonds is 3. The monoisotopic (exact) mass is 402 g/mol. The molecule has 0 radical (unpaired) electrons. The second kappa shape index (κ2) is 7.88. The lowest BCUT2D eigenvalue weighted by atomic mass is 10.1. The molecule has 29 heavy (non-hydrogen) atoms. The second-order valence-electron chi connectivity index (χ2n) is 7.55. The first kappa shape index (κ1) is 18.2. The van der Waals surface area contributed by atoms with Crippen LogP contribution in [0, 0.1) is 0 Å². The molecule has 1 aliphatic rings. The van der Waals surface area contributed by atoms with Gasteiger partial charge in [-0.05, 0) is 42.7 Å². The van der Waals surface area contributed by atoms with Crippen LogP contribution in [0.1, 0.15) is 25.7 Å². The Bertz CT molecular complexity index is 1110. The third kappa shape index (κ3) is 3.49. The maximum atomic E-state index is 6.12. The van der Waals surface area contributed by atoms with Gasteiger partial charge in [0.15, 0.2) is 5.65 Å². The zero-order chi connectivity index (χ0) is 19.6. The Hall–Kier alpha value is -2.85. The number of nitrogens with zero attached hydrogens (tertiary/aromatic N) is 4. The first-order valence-electron chi connectivity index (χ1n) is 10.2. The zero-order valence-electron chi connectivity index (χ0n) is 16.3. The summed E-state index contributed by atoms with van der Waals surface area (Å²) in [6.45, 7) is 2.10. The van der Waals surface area contributed by atoms with Gasteiger partial charge >= 0.3 is 0 Å². The first-order valence-corrected chi connectivity index (χ1v) is 10.6. The number of hydrogen-bond acceptors (Lipinski definition) is 3. The molecule has 3 heterocycles. The van der Waals surface area contributed by atoms with E-state index < -0.39 is 0 Å². The fourth-order valence-corrected chi connectivity index (χ4v) is 4.33. The van der Waals surface area contributed by atoms with E-state index in [1.54, 1.807) is 6.33 Å². The normalized spacial score (nSPS) is 14.9. The Balaban J connectivity index is 1.75. The van der Waals surface area contributed by atoms with Gasteiger partial charge in [0, 0.05) is 35.6 Å². The number of benzene rings is 2. The van der Waals surface area contributed by atoms with Crippen molar-refractivity contribution in [2.24, 2.45) is 0 Å². The molecule has 5 rings (SSSR count). The molecule has 0 spiro atoms. The summed E-state index contributed by atoms with van der Waals surface area (Å²) in [4.78, 5) is 11.9. The Morgan fingerprint density at radius 1 is 0.793 bits per heavy atom. The minimum atomic E-state index is 0.730. The summed E-state index contributed by atoms with van der Waals surface area (Å²) >= 11 is 6.12. The van der Waals surface area contributed by atoms with Gasteiger partial charge in [0.1, 0.15) is 12.1 Å². The zero-order valence-corrected chi connectivity index (χ0v) is 17.0. The predicted octanol–water partition coefficient (Wildman–Crippen LogP) is 6.12. The summed E-state index contributed by atoms with van der Waals surface area (Å²) in [5.74, 6) is 1.04. The van der Waals surface area contributed by atoms with Crippen molar-refractivity contribution in [2.75, 3.05) is 18.0 Å². The van der Waals surface area contributed by atoms with Crippen molar-refractivity contribution in [3.8, 4) is 16.8 Å². The number of halogens is 1. The van der Waals surface area contributed by atoms with Crippen LogP contribution in [0.2, 0.25) is 5.02 Å². The molecule has 2 aromatic heterocycles. The standard InChI is InChI=1S/C24H23ClN4/c25-19-10-12-20(13-11-19)29-16-21(18-8-4-3-5-9-18)22-23(26-17-27-24(22)29)28-14-6-1-2-7-15-28/h3-5,8-13,16-17H,1-2,6-7,14-15H2. The highest BCUT2D eigenvalue weighted by Gasteiger charge is 2.21. The van der Waals surface area contributed by atoms with E-state index in [2.05, 4.69) is 39.9 Å². The average Bonchev–Trinajstić information content (AvgIpc) is 2.95. The number of anilines is 1. The fourth-order valence-electron chi connectivity index (χ4n) is 4.20. The van der Waals surface area contributed by atoms with Crippen molar-refractivity contribution in [3.05, 3.63) is 72.1 Å². The van der Waals surface area contributed by atoms with E-state index in [0.29, 0.717) is 0 Å². The van der Waals surface area contributed by atoms with E-state index in [-0.39, 0.29) is 0 Å². The lowest BCUT2D eigenvalue weighted by Gasteiger charge is -2.22. The third-order valence-corrected chi connectivity index (χ3v) is 5.91. The van der Waals surface area contributed by atoms with Gasteiger partial charge in [0.05, 0.1) is 5.39 Å². The van der Waals surface area contributed by atoms with Gasteiger partial charge in [-0.25, -0.2) is 9.97 Å². The molecule has 1 aliphatic heterocycles. The SMILES string of the molecule is Clc1ccc(-n2cc(-c3ccccc3)c3c(N4CCCCCC4)ncnc32)cc1. The molecule has 1 fully saturated rings. The number of hydrogen-bond donors (Lipinski definition) is 0. The molecular formula is C24H23ClN4. The van der Waals surface area contributed by atoms with E-state index in [9.17, 15) is 0 Å². The highest BCUT2D eigenvalue weighted by atomic mass is 35.5. The summed E-state index contributed by atoms with van der Waals surface area (Å²) in [7, 11) is 0. The van der Waals surface area contributed by atoms with Crippen LogP contribution in [0.15, 0.2) is 67.1 Å². The van der Waals surface area contributed by atoms with Crippen LogP contribution in [0.25, 0.3) is 27.8 Å². The molecule has 0 amide bonds. The molecule has 0 N–H and O–H groups in total. The molecule has 146 valence electrons. The average molecular weight is 403 g/mol. The van der Waals surface area contributed by atoms with Gasteiger partial charge in [0.25, 0.3) is 0 Å². The Morgan fingerprint density at radius 2 is 1.52 bits per heavy atom. The van der Waals surface area contributed by atoms with Crippen LogP contribution >= 0.6 is 11.6 Å². The van der Waals surface area contributed by atoms with E-state index in [1.807, 2.05) is 30.3 Å². The molecule has 2 aromatic carbocycles. The summed E-state index contributed by atoms with van der Waals surface area (Å²) in [5, 5.41) is 1.85. The highest BCUT2D eigenvalue weighted by Crippen LogP contribution is 2.37. The minimum Gasteiger partial charge on any atom is -0.356 e. The van der Waals surface area contributed by atoms with Crippen LogP contribution in [-0.4, -0.2) is 27.6 Å². The van der Waals surface area contributed by atoms with E-state index in [1.165, 1.54) is 31.2 Å². The van der Waals surface area contributed by atoms with Gasteiger partial charge in [0.2, 0.25) is 0 Å². The highest BCUT2D eigenvalue weighted by molar-refractivity contribution is 6.30. The summed E-state index contributed by atoms with van der Waals surface area (Å²) in [5.41, 5.74) is 4.31. The van der Waals surface area contributed by atoms with E-state index in [0.717, 1.165) is 46.2 Å². The van der Waals surface area contributed by atoms with Crippen molar-refractivity contribution >= 4 is 28.5 Å². The van der Waals surface area contributed by atoms with Crippen LogP contribution in [-0.2, 0) is 0 Å². The van der Waals surface area contributed by atoms with Gasteiger partial charge < -0.3 is 9.47 Å². The molecule has 0 saturated carbocycles. The molecule has 5 heteroatoms. The van der Waals surface area contributed by atoms with Crippen LogP contribution in [0.3, 0.4) is 0 Å². The first-order chi connectivity index (χ1) is 14.3. The van der Waals surface area contributed by atoms with Crippen molar-refractivity contribution in [2.45, 2.75) is 25.7 Å². The van der Waals surface area contributed by atoms with Crippen LogP contribution < -0.4 is 4.90 Å². The summed E-state index contributed by atoms with van der Waals surface area (Å²) in [6.07, 6.45) is 8.89. The molecule has 1 saturated heterocycles. The summed E-state index contributed by atoms with van der Waals surface area (Å²) in [6, 6.07) is 18.4. The second-order valence-corrected chi connectivity index (χ2v) is 7.99. The fraction of sp³-hybridized carbons (Fsp3) is 0.250. The quantitative estimate of drug-likeness (QED) is 0.414. The number of aromatic nitrogens is 3. The lowest BCUT2D eigenvalue weighted by molar-refractivity contribution is 0.726. The van der Waals surface area contributed by atoms with Gasteiger partial charge in [-0.2, -0.15) is 0 Å². The summed E-state index contributed by atoms with van der Waals surface area (Å²) < 4.78 is 2.15.